The van der Waals surface area contributed by atoms with Crippen molar-refractivity contribution in [1.82, 2.24) is 15.1 Å². The van der Waals surface area contributed by atoms with Crippen LogP contribution < -0.4 is 5.32 Å². The molecular weight excluding hydrogens is 194 g/mol. The van der Waals surface area contributed by atoms with E-state index in [1.54, 1.807) is 0 Å². The molecule has 2 fully saturated rings. The minimum Gasteiger partial charge on any atom is -0.379 e. The molecular formula is C10H19N3O2. The Morgan fingerprint density at radius 2 is 1.93 bits per heavy atom. The van der Waals surface area contributed by atoms with Gasteiger partial charge in [-0.25, -0.2) is 4.79 Å². The fraction of sp³-hybridized carbons (Fsp3) is 0.900. The van der Waals surface area contributed by atoms with Crippen LogP contribution in [0.2, 0.25) is 0 Å². The quantitative estimate of drug-likeness (QED) is 0.702. The minimum atomic E-state index is 0.0921. The maximum absolute atomic E-state index is 11.4. The number of morpholine rings is 1. The zero-order valence-corrected chi connectivity index (χ0v) is 9.07. The smallest absolute Gasteiger partial charge is 0.317 e. The molecule has 5 heteroatoms. The number of hydrogen-bond acceptors (Lipinski definition) is 3. The highest BCUT2D eigenvalue weighted by molar-refractivity contribution is 5.74. The van der Waals surface area contributed by atoms with Gasteiger partial charge in [-0.15, -0.1) is 0 Å². The van der Waals surface area contributed by atoms with Gasteiger partial charge in [-0.05, 0) is 6.42 Å². The van der Waals surface area contributed by atoms with E-state index in [0.29, 0.717) is 0 Å². The summed E-state index contributed by atoms with van der Waals surface area (Å²) in [6.07, 6.45) is 1.15. The zero-order chi connectivity index (χ0) is 10.5. The van der Waals surface area contributed by atoms with Crippen LogP contribution in [0.4, 0.5) is 4.79 Å². The van der Waals surface area contributed by atoms with E-state index >= 15 is 0 Å². The molecule has 2 heterocycles. The summed E-state index contributed by atoms with van der Waals surface area (Å²) >= 11 is 0. The van der Waals surface area contributed by atoms with Gasteiger partial charge in [0.1, 0.15) is 0 Å². The van der Waals surface area contributed by atoms with Gasteiger partial charge in [-0.2, -0.15) is 0 Å². The number of rotatable bonds is 3. The van der Waals surface area contributed by atoms with Crippen LogP contribution in [-0.4, -0.2) is 68.3 Å². The van der Waals surface area contributed by atoms with E-state index < -0.39 is 0 Å². The number of amides is 2. The molecule has 5 nitrogen and oxygen atoms in total. The van der Waals surface area contributed by atoms with Gasteiger partial charge in [0.05, 0.1) is 13.2 Å². The molecule has 2 saturated heterocycles. The third-order valence-corrected chi connectivity index (χ3v) is 2.95. The lowest BCUT2D eigenvalue weighted by molar-refractivity contribution is 0.0385. The van der Waals surface area contributed by atoms with Crippen LogP contribution in [0.5, 0.6) is 0 Å². The Morgan fingerprint density at radius 3 is 2.53 bits per heavy atom. The molecule has 1 N–H and O–H groups in total. The van der Waals surface area contributed by atoms with Crippen molar-refractivity contribution in [3.63, 3.8) is 0 Å². The van der Waals surface area contributed by atoms with Gasteiger partial charge in [0.25, 0.3) is 0 Å². The first-order valence-electron chi connectivity index (χ1n) is 5.69. The fourth-order valence-electron chi connectivity index (χ4n) is 1.78. The number of likely N-dealkylation sites (tertiary alicyclic amines) is 1. The molecule has 0 aromatic rings. The molecule has 15 heavy (non-hydrogen) atoms. The van der Waals surface area contributed by atoms with Crippen molar-refractivity contribution in [2.75, 3.05) is 52.5 Å². The van der Waals surface area contributed by atoms with E-state index in [4.69, 9.17) is 4.74 Å². The molecule has 0 aromatic heterocycles. The summed E-state index contributed by atoms with van der Waals surface area (Å²) in [6.45, 7) is 7.13. The summed E-state index contributed by atoms with van der Waals surface area (Å²) in [5.41, 5.74) is 0. The summed E-state index contributed by atoms with van der Waals surface area (Å²) in [4.78, 5) is 15.6. The van der Waals surface area contributed by atoms with E-state index in [0.717, 1.165) is 58.9 Å². The highest BCUT2D eigenvalue weighted by Crippen LogP contribution is 2.04. The molecule has 2 rings (SSSR count). The van der Waals surface area contributed by atoms with E-state index in [-0.39, 0.29) is 6.03 Å². The lowest BCUT2D eigenvalue weighted by atomic mass is 10.2. The highest BCUT2D eigenvalue weighted by Gasteiger charge is 2.19. The maximum atomic E-state index is 11.4. The minimum absolute atomic E-state index is 0.0921. The lowest BCUT2D eigenvalue weighted by Gasteiger charge is -2.31. The van der Waals surface area contributed by atoms with Crippen LogP contribution in [0.3, 0.4) is 0 Å². The summed E-state index contributed by atoms with van der Waals surface area (Å²) < 4.78 is 5.25. The van der Waals surface area contributed by atoms with E-state index in [1.165, 1.54) is 0 Å². The molecule has 0 atom stereocenters. The second-order valence-electron chi connectivity index (χ2n) is 4.03. The Balaban J connectivity index is 1.55. The summed E-state index contributed by atoms with van der Waals surface area (Å²) in [6, 6.07) is 0.0921. The van der Waals surface area contributed by atoms with E-state index in [1.807, 2.05) is 4.90 Å². The molecule has 2 aliphatic heterocycles. The predicted molar refractivity (Wildman–Crippen MR) is 56.8 cm³/mol. The van der Waals surface area contributed by atoms with Crippen LogP contribution >= 0.6 is 0 Å². The predicted octanol–water partition coefficient (Wildman–Crippen LogP) is -0.266. The summed E-state index contributed by atoms with van der Waals surface area (Å²) in [5.74, 6) is 0. The number of ether oxygens (including phenoxy) is 1. The Labute approximate surface area is 90.4 Å². The second kappa shape index (κ2) is 5.32. The lowest BCUT2D eigenvalue weighted by Crippen LogP contribution is -2.49. The first-order chi connectivity index (χ1) is 7.36. The van der Waals surface area contributed by atoms with Crippen molar-refractivity contribution in [3.05, 3.63) is 0 Å². The van der Waals surface area contributed by atoms with Gasteiger partial charge in [-0.3, -0.25) is 4.90 Å². The van der Waals surface area contributed by atoms with Gasteiger partial charge in [0, 0.05) is 39.3 Å². The van der Waals surface area contributed by atoms with Crippen LogP contribution in [-0.2, 0) is 4.74 Å². The van der Waals surface area contributed by atoms with Crippen LogP contribution in [0.1, 0.15) is 6.42 Å². The number of carbonyl (C=O) groups is 1. The number of urea groups is 1. The van der Waals surface area contributed by atoms with E-state index in [2.05, 4.69) is 10.2 Å². The van der Waals surface area contributed by atoms with Crippen LogP contribution in [0, 0.1) is 0 Å². The third-order valence-electron chi connectivity index (χ3n) is 2.95. The van der Waals surface area contributed by atoms with Gasteiger partial charge in [0.15, 0.2) is 0 Å². The second-order valence-corrected chi connectivity index (χ2v) is 4.03. The molecule has 2 amide bonds. The van der Waals surface area contributed by atoms with Crippen molar-refractivity contribution in [2.24, 2.45) is 0 Å². The van der Waals surface area contributed by atoms with Gasteiger partial charge < -0.3 is 15.0 Å². The molecule has 0 spiro atoms. The Kier molecular flexibility index (Phi) is 3.80. The standard InChI is InChI=1S/C10H19N3O2/c14-10(13-3-1-4-13)11-2-5-12-6-8-15-9-7-12/h1-9H2,(H,11,14). The molecule has 2 aliphatic rings. The first kappa shape index (κ1) is 10.7. The largest absolute Gasteiger partial charge is 0.379 e. The molecule has 0 unspecified atom stereocenters. The third kappa shape index (κ3) is 3.07. The molecule has 0 saturated carbocycles. The summed E-state index contributed by atoms with van der Waals surface area (Å²) in [5, 5.41) is 2.94. The Morgan fingerprint density at radius 1 is 1.20 bits per heavy atom. The normalized spacial score (nSPS) is 22.3. The number of nitrogens with one attached hydrogen (secondary N) is 1. The topological polar surface area (TPSA) is 44.8 Å². The van der Waals surface area contributed by atoms with Gasteiger partial charge in [-0.1, -0.05) is 0 Å². The molecule has 0 radical (unpaired) electrons. The molecule has 0 aliphatic carbocycles. The summed E-state index contributed by atoms with van der Waals surface area (Å²) in [7, 11) is 0. The van der Waals surface area contributed by atoms with Gasteiger partial charge in [0.2, 0.25) is 0 Å². The van der Waals surface area contributed by atoms with Crippen molar-refractivity contribution in [1.29, 1.82) is 0 Å². The number of nitrogens with zero attached hydrogens (tertiary/aromatic N) is 2. The molecule has 86 valence electrons. The Hall–Kier alpha value is -0.810. The molecule has 0 bridgehead atoms. The van der Waals surface area contributed by atoms with Crippen molar-refractivity contribution >= 4 is 6.03 Å². The van der Waals surface area contributed by atoms with Crippen molar-refractivity contribution in [2.45, 2.75) is 6.42 Å². The highest BCUT2D eigenvalue weighted by atomic mass is 16.5. The zero-order valence-electron chi connectivity index (χ0n) is 9.07. The van der Waals surface area contributed by atoms with Crippen molar-refractivity contribution in [3.8, 4) is 0 Å². The fourth-order valence-corrected chi connectivity index (χ4v) is 1.78. The van der Waals surface area contributed by atoms with E-state index in [9.17, 15) is 4.79 Å². The van der Waals surface area contributed by atoms with Crippen molar-refractivity contribution < 1.29 is 9.53 Å². The van der Waals surface area contributed by atoms with Crippen LogP contribution in [0.15, 0.2) is 0 Å². The monoisotopic (exact) mass is 213 g/mol. The average Bonchev–Trinajstić information content (AvgIpc) is 2.16. The molecule has 0 aromatic carbocycles. The number of hydrogen-bond donors (Lipinski definition) is 1. The van der Waals surface area contributed by atoms with Gasteiger partial charge >= 0.3 is 6.03 Å². The first-order valence-corrected chi connectivity index (χ1v) is 5.69. The van der Waals surface area contributed by atoms with Crippen LogP contribution in [0.25, 0.3) is 0 Å². The maximum Gasteiger partial charge on any atom is 0.317 e. The average molecular weight is 213 g/mol. The number of carbonyl (C=O) groups excluding carboxylic acids is 1. The Bertz CT molecular complexity index is 213. The SMILES string of the molecule is O=C(NCCN1CCOCC1)N1CCC1.